The Kier molecular flexibility index (Phi) is 6.27. The summed E-state index contributed by atoms with van der Waals surface area (Å²) in [5, 5.41) is 0. The van der Waals surface area contributed by atoms with Gasteiger partial charge in [0.05, 0.1) is 0 Å². The smallest absolute Gasteiger partial charge is 0.228 e. The molecule has 0 bridgehead atoms. The van der Waals surface area contributed by atoms with Crippen LogP contribution in [0.4, 0.5) is 0 Å². The quantitative estimate of drug-likeness (QED) is 0.796. The summed E-state index contributed by atoms with van der Waals surface area (Å²) in [4.78, 5) is 16.6. The summed E-state index contributed by atoms with van der Waals surface area (Å²) >= 11 is 0. The largest absolute Gasteiger partial charge is 0.345 e. The van der Waals surface area contributed by atoms with E-state index in [1.165, 1.54) is 25.9 Å². The van der Waals surface area contributed by atoms with E-state index in [4.69, 9.17) is 5.73 Å². The minimum absolute atomic E-state index is 0.224. The molecule has 0 aromatic rings. The standard InChI is InChI=1S/C15H31N3O/c1-15(2,8-9-16)14(19)18(4)11-7-13-6-5-10-17(3)12-13/h13H,5-12,16H2,1-4H3. The molecule has 2 N–H and O–H groups in total. The number of rotatable bonds is 6. The van der Waals surface area contributed by atoms with Crippen molar-refractivity contribution in [2.45, 2.75) is 39.5 Å². The van der Waals surface area contributed by atoms with Crippen molar-refractivity contribution < 1.29 is 4.79 Å². The lowest BCUT2D eigenvalue weighted by Gasteiger charge is -2.33. The van der Waals surface area contributed by atoms with Gasteiger partial charge in [0, 0.05) is 25.6 Å². The molecule has 0 spiro atoms. The van der Waals surface area contributed by atoms with Crippen LogP contribution in [0.1, 0.15) is 39.5 Å². The van der Waals surface area contributed by atoms with Gasteiger partial charge in [-0.2, -0.15) is 0 Å². The molecule has 1 unspecified atom stereocenters. The molecule has 0 radical (unpaired) electrons. The van der Waals surface area contributed by atoms with Crippen molar-refractivity contribution in [3.8, 4) is 0 Å². The van der Waals surface area contributed by atoms with Crippen molar-refractivity contribution in [3.63, 3.8) is 0 Å². The second-order valence-corrected chi connectivity index (χ2v) is 6.71. The summed E-state index contributed by atoms with van der Waals surface area (Å²) in [6, 6.07) is 0. The molecule has 0 saturated carbocycles. The number of carbonyl (C=O) groups excluding carboxylic acids is 1. The number of hydrogen-bond acceptors (Lipinski definition) is 3. The summed E-state index contributed by atoms with van der Waals surface area (Å²) in [7, 11) is 4.11. The van der Waals surface area contributed by atoms with Crippen LogP contribution in [-0.4, -0.2) is 56.0 Å². The minimum atomic E-state index is -0.327. The van der Waals surface area contributed by atoms with E-state index in [0.717, 1.165) is 25.3 Å². The molecule has 1 amide bonds. The molecule has 1 fully saturated rings. The molecular formula is C15H31N3O. The van der Waals surface area contributed by atoms with E-state index in [1.54, 1.807) is 0 Å². The Morgan fingerprint density at radius 1 is 1.47 bits per heavy atom. The summed E-state index contributed by atoms with van der Waals surface area (Å²) < 4.78 is 0. The molecule has 0 aliphatic carbocycles. The third-order valence-electron chi connectivity index (χ3n) is 4.29. The van der Waals surface area contributed by atoms with Crippen molar-refractivity contribution in [1.82, 2.24) is 9.80 Å². The molecule has 1 heterocycles. The summed E-state index contributed by atoms with van der Waals surface area (Å²) in [6.07, 6.45) is 4.46. The van der Waals surface area contributed by atoms with Gasteiger partial charge in [0.1, 0.15) is 0 Å². The molecular weight excluding hydrogens is 238 g/mol. The molecule has 1 saturated heterocycles. The van der Waals surface area contributed by atoms with Gasteiger partial charge in [-0.3, -0.25) is 4.79 Å². The zero-order valence-electron chi connectivity index (χ0n) is 13.1. The van der Waals surface area contributed by atoms with Crippen LogP contribution in [0.5, 0.6) is 0 Å². The van der Waals surface area contributed by atoms with Crippen LogP contribution in [0.3, 0.4) is 0 Å². The zero-order chi connectivity index (χ0) is 14.5. The fraction of sp³-hybridized carbons (Fsp3) is 0.933. The molecule has 112 valence electrons. The predicted molar refractivity (Wildman–Crippen MR) is 79.9 cm³/mol. The molecule has 4 heteroatoms. The van der Waals surface area contributed by atoms with Crippen LogP contribution in [0, 0.1) is 11.3 Å². The molecule has 1 aliphatic rings. The van der Waals surface area contributed by atoms with Gasteiger partial charge in [-0.25, -0.2) is 0 Å². The zero-order valence-corrected chi connectivity index (χ0v) is 13.1. The number of carbonyl (C=O) groups is 1. The molecule has 1 rings (SSSR count). The van der Waals surface area contributed by atoms with Gasteiger partial charge >= 0.3 is 0 Å². The summed E-state index contributed by atoms with van der Waals surface area (Å²) in [5.74, 6) is 0.966. The van der Waals surface area contributed by atoms with Crippen molar-refractivity contribution >= 4 is 5.91 Å². The van der Waals surface area contributed by atoms with E-state index in [9.17, 15) is 4.79 Å². The van der Waals surface area contributed by atoms with Crippen LogP contribution >= 0.6 is 0 Å². The lowest BCUT2D eigenvalue weighted by atomic mass is 9.87. The van der Waals surface area contributed by atoms with E-state index < -0.39 is 0 Å². The Morgan fingerprint density at radius 3 is 2.74 bits per heavy atom. The van der Waals surface area contributed by atoms with E-state index in [-0.39, 0.29) is 11.3 Å². The maximum absolute atomic E-state index is 12.4. The normalized spacial score (nSPS) is 21.4. The van der Waals surface area contributed by atoms with E-state index >= 15 is 0 Å². The molecule has 0 aromatic carbocycles. The fourth-order valence-corrected chi connectivity index (χ4v) is 2.97. The molecule has 0 aromatic heterocycles. The van der Waals surface area contributed by atoms with Crippen LogP contribution in [0.2, 0.25) is 0 Å². The number of amides is 1. The maximum Gasteiger partial charge on any atom is 0.228 e. The lowest BCUT2D eigenvalue weighted by Crippen LogP contribution is -2.41. The minimum Gasteiger partial charge on any atom is -0.345 e. The van der Waals surface area contributed by atoms with Gasteiger partial charge < -0.3 is 15.5 Å². The Balaban J connectivity index is 2.37. The van der Waals surface area contributed by atoms with Crippen molar-refractivity contribution in [2.75, 3.05) is 40.3 Å². The first-order valence-corrected chi connectivity index (χ1v) is 7.51. The van der Waals surface area contributed by atoms with Crippen LogP contribution < -0.4 is 5.73 Å². The van der Waals surface area contributed by atoms with Crippen molar-refractivity contribution in [2.24, 2.45) is 17.1 Å². The molecule has 4 nitrogen and oxygen atoms in total. The Bertz CT molecular complexity index is 291. The summed E-state index contributed by atoms with van der Waals surface area (Å²) in [6.45, 7) is 7.81. The van der Waals surface area contributed by atoms with Gasteiger partial charge in [-0.05, 0) is 51.7 Å². The van der Waals surface area contributed by atoms with Gasteiger partial charge in [0.25, 0.3) is 0 Å². The average Bonchev–Trinajstić information content (AvgIpc) is 2.35. The topological polar surface area (TPSA) is 49.6 Å². The molecule has 1 atom stereocenters. The lowest BCUT2D eigenvalue weighted by molar-refractivity contribution is -0.139. The highest BCUT2D eigenvalue weighted by atomic mass is 16.2. The Hall–Kier alpha value is -0.610. The predicted octanol–water partition coefficient (Wildman–Crippen LogP) is 1.55. The van der Waals surface area contributed by atoms with E-state index in [2.05, 4.69) is 11.9 Å². The van der Waals surface area contributed by atoms with Gasteiger partial charge in [-0.15, -0.1) is 0 Å². The number of nitrogens with two attached hydrogens (primary N) is 1. The van der Waals surface area contributed by atoms with Crippen molar-refractivity contribution in [1.29, 1.82) is 0 Å². The number of piperidine rings is 1. The van der Waals surface area contributed by atoms with E-state index in [1.807, 2.05) is 25.8 Å². The van der Waals surface area contributed by atoms with Gasteiger partial charge in [0.2, 0.25) is 5.91 Å². The Morgan fingerprint density at radius 2 is 2.16 bits per heavy atom. The highest BCUT2D eigenvalue weighted by Crippen LogP contribution is 2.24. The van der Waals surface area contributed by atoms with Crippen LogP contribution in [0.25, 0.3) is 0 Å². The van der Waals surface area contributed by atoms with E-state index in [0.29, 0.717) is 6.54 Å². The second kappa shape index (κ2) is 7.25. The number of likely N-dealkylation sites (tertiary alicyclic amines) is 1. The van der Waals surface area contributed by atoms with Crippen molar-refractivity contribution in [3.05, 3.63) is 0 Å². The molecule has 1 aliphatic heterocycles. The fourth-order valence-electron chi connectivity index (χ4n) is 2.97. The average molecular weight is 269 g/mol. The Labute approximate surface area is 118 Å². The summed E-state index contributed by atoms with van der Waals surface area (Å²) in [5.41, 5.74) is 5.26. The number of hydrogen-bond donors (Lipinski definition) is 1. The van der Waals surface area contributed by atoms with Crippen LogP contribution in [0.15, 0.2) is 0 Å². The highest BCUT2D eigenvalue weighted by Gasteiger charge is 2.29. The number of nitrogens with zero attached hydrogens (tertiary/aromatic N) is 2. The highest BCUT2D eigenvalue weighted by molar-refractivity contribution is 5.81. The maximum atomic E-state index is 12.4. The first-order valence-electron chi connectivity index (χ1n) is 7.51. The van der Waals surface area contributed by atoms with Gasteiger partial charge in [-0.1, -0.05) is 13.8 Å². The third-order valence-corrected chi connectivity index (χ3v) is 4.29. The first kappa shape index (κ1) is 16.4. The van der Waals surface area contributed by atoms with Gasteiger partial charge in [0.15, 0.2) is 0 Å². The van der Waals surface area contributed by atoms with Crippen LogP contribution in [-0.2, 0) is 4.79 Å². The SMILES string of the molecule is CN1CCCC(CCN(C)C(=O)C(C)(C)CCN)C1. The molecule has 19 heavy (non-hydrogen) atoms. The first-order chi connectivity index (χ1) is 8.86. The second-order valence-electron chi connectivity index (χ2n) is 6.71. The monoisotopic (exact) mass is 269 g/mol. The third kappa shape index (κ3) is 5.11.